The van der Waals surface area contributed by atoms with Crippen LogP contribution in [0.25, 0.3) is 0 Å². The van der Waals surface area contributed by atoms with Gasteiger partial charge in [-0.15, -0.1) is 0 Å². The molecule has 21 heavy (non-hydrogen) atoms. The van der Waals surface area contributed by atoms with Crippen molar-refractivity contribution in [3.63, 3.8) is 0 Å². The van der Waals surface area contributed by atoms with E-state index in [0.29, 0.717) is 6.07 Å². The van der Waals surface area contributed by atoms with E-state index in [1.165, 1.54) is 7.11 Å². The molecule has 0 saturated carbocycles. The predicted octanol–water partition coefficient (Wildman–Crippen LogP) is 2.34. The lowest BCUT2D eigenvalue weighted by molar-refractivity contribution is -0.139. The van der Waals surface area contributed by atoms with Crippen molar-refractivity contribution >= 4 is 33.6 Å². The van der Waals surface area contributed by atoms with E-state index in [-0.39, 0.29) is 23.1 Å². The average molecular weight is 367 g/mol. The van der Waals surface area contributed by atoms with Gasteiger partial charge in [-0.2, -0.15) is 0 Å². The van der Waals surface area contributed by atoms with Crippen LogP contribution in [0.5, 0.6) is 0 Å². The first kappa shape index (κ1) is 17.3. The molecule has 2 amide bonds. The van der Waals surface area contributed by atoms with Gasteiger partial charge in [-0.3, -0.25) is 4.79 Å². The molecule has 0 bridgehead atoms. The van der Waals surface area contributed by atoms with Crippen LogP contribution >= 0.6 is 15.9 Å². The standard InChI is InChI=1S/C12H13BrF2N2O4/c1-21-7(4-10(18)19)5-16-12(20)17-11-8(13)2-6(14)3-9(11)15/h2-3,7H,4-5H2,1H3,(H,18,19)(H2,16,17,20). The Kier molecular flexibility index (Phi) is 6.50. The minimum Gasteiger partial charge on any atom is -0.481 e. The summed E-state index contributed by atoms with van der Waals surface area (Å²) in [5.41, 5.74) is -0.221. The largest absolute Gasteiger partial charge is 0.481 e. The van der Waals surface area contributed by atoms with Crippen LogP contribution in [-0.2, 0) is 9.53 Å². The number of urea groups is 1. The second kappa shape index (κ2) is 7.89. The number of hydrogen-bond donors (Lipinski definition) is 3. The van der Waals surface area contributed by atoms with Gasteiger partial charge in [0.25, 0.3) is 0 Å². The number of rotatable bonds is 6. The first-order valence-corrected chi connectivity index (χ1v) is 6.56. The highest BCUT2D eigenvalue weighted by Crippen LogP contribution is 2.26. The maximum Gasteiger partial charge on any atom is 0.319 e. The van der Waals surface area contributed by atoms with Crippen LogP contribution in [0.15, 0.2) is 16.6 Å². The number of methoxy groups -OCH3 is 1. The number of nitrogens with one attached hydrogen (secondary N) is 2. The van der Waals surface area contributed by atoms with Crippen LogP contribution in [-0.4, -0.2) is 36.9 Å². The van der Waals surface area contributed by atoms with Crippen molar-refractivity contribution in [3.8, 4) is 0 Å². The summed E-state index contributed by atoms with van der Waals surface area (Å²) in [6, 6.07) is 0.859. The molecule has 0 radical (unpaired) electrons. The lowest BCUT2D eigenvalue weighted by Gasteiger charge is -2.15. The number of ether oxygens (including phenoxy) is 1. The zero-order valence-corrected chi connectivity index (χ0v) is 12.5. The number of carboxylic acids is 1. The fourth-order valence-electron chi connectivity index (χ4n) is 1.46. The normalized spacial score (nSPS) is 11.8. The summed E-state index contributed by atoms with van der Waals surface area (Å²) in [7, 11) is 1.31. The minimum atomic E-state index is -1.07. The van der Waals surface area contributed by atoms with Gasteiger partial charge in [0.1, 0.15) is 5.82 Å². The van der Waals surface area contributed by atoms with Crippen LogP contribution < -0.4 is 10.6 Å². The molecule has 1 rings (SSSR count). The van der Waals surface area contributed by atoms with Gasteiger partial charge in [-0.1, -0.05) is 0 Å². The molecule has 0 heterocycles. The van der Waals surface area contributed by atoms with Crippen LogP contribution in [0.1, 0.15) is 6.42 Å². The molecule has 1 atom stereocenters. The number of aliphatic carboxylic acids is 1. The monoisotopic (exact) mass is 366 g/mol. The van der Waals surface area contributed by atoms with Gasteiger partial charge >= 0.3 is 12.0 Å². The highest BCUT2D eigenvalue weighted by Gasteiger charge is 2.16. The molecule has 9 heteroatoms. The van der Waals surface area contributed by atoms with Crippen LogP contribution in [0, 0.1) is 11.6 Å². The molecule has 0 saturated heterocycles. The van der Waals surface area contributed by atoms with Crippen molar-refractivity contribution in [2.45, 2.75) is 12.5 Å². The summed E-state index contributed by atoms with van der Waals surface area (Å²) < 4.78 is 31.3. The second-order valence-corrected chi connectivity index (χ2v) is 4.89. The number of carbonyl (C=O) groups excluding carboxylic acids is 1. The van der Waals surface area contributed by atoms with E-state index in [1.54, 1.807) is 0 Å². The smallest absolute Gasteiger partial charge is 0.319 e. The van der Waals surface area contributed by atoms with Crippen molar-refractivity contribution in [3.05, 3.63) is 28.2 Å². The number of anilines is 1. The van der Waals surface area contributed by atoms with Gasteiger partial charge in [0.2, 0.25) is 0 Å². The van der Waals surface area contributed by atoms with Gasteiger partial charge in [-0.25, -0.2) is 13.6 Å². The number of carbonyl (C=O) groups is 2. The highest BCUT2D eigenvalue weighted by molar-refractivity contribution is 9.10. The maximum absolute atomic E-state index is 13.5. The van der Waals surface area contributed by atoms with Crippen molar-refractivity contribution in [1.29, 1.82) is 0 Å². The van der Waals surface area contributed by atoms with Gasteiger partial charge in [-0.05, 0) is 22.0 Å². The molecule has 116 valence electrons. The third-order valence-corrected chi connectivity index (χ3v) is 3.10. The van der Waals surface area contributed by atoms with Gasteiger partial charge < -0.3 is 20.5 Å². The molecule has 0 aromatic heterocycles. The molecule has 1 aromatic carbocycles. The summed E-state index contributed by atoms with van der Waals surface area (Å²) in [6.07, 6.45) is -1.000. The van der Waals surface area contributed by atoms with Crippen LogP contribution in [0.2, 0.25) is 0 Å². The summed E-state index contributed by atoms with van der Waals surface area (Å²) >= 11 is 2.93. The summed E-state index contributed by atoms with van der Waals surface area (Å²) in [5, 5.41) is 13.1. The lowest BCUT2D eigenvalue weighted by atomic mass is 10.2. The second-order valence-electron chi connectivity index (χ2n) is 4.04. The zero-order valence-electron chi connectivity index (χ0n) is 11.0. The Morgan fingerprint density at radius 3 is 2.62 bits per heavy atom. The molecule has 6 nitrogen and oxygen atoms in total. The molecule has 0 spiro atoms. The summed E-state index contributed by atoms with van der Waals surface area (Å²) in [4.78, 5) is 22.1. The molecule has 1 unspecified atom stereocenters. The SMILES string of the molecule is COC(CNC(=O)Nc1c(F)cc(F)cc1Br)CC(=O)O. The fourth-order valence-corrected chi connectivity index (χ4v) is 1.97. The number of benzene rings is 1. The van der Waals surface area contributed by atoms with Crippen molar-refractivity contribution < 1.29 is 28.2 Å². The van der Waals surface area contributed by atoms with Gasteiger partial charge in [0, 0.05) is 24.2 Å². The number of amides is 2. The quantitative estimate of drug-likeness (QED) is 0.720. The number of halogens is 3. The molecule has 1 aromatic rings. The summed E-state index contributed by atoms with van der Waals surface area (Å²) in [6.45, 7) is -0.0743. The highest BCUT2D eigenvalue weighted by atomic mass is 79.9. The molecular weight excluding hydrogens is 354 g/mol. The van der Waals surface area contributed by atoms with E-state index in [1.807, 2.05) is 0 Å². The Labute approximate surface area is 127 Å². The molecule has 3 N–H and O–H groups in total. The molecule has 0 fully saturated rings. The fraction of sp³-hybridized carbons (Fsp3) is 0.333. The lowest BCUT2D eigenvalue weighted by Crippen LogP contribution is -2.37. The molecule has 0 aliphatic heterocycles. The Balaban J connectivity index is 2.60. The molecule has 0 aliphatic rings. The van der Waals surface area contributed by atoms with E-state index in [9.17, 15) is 18.4 Å². The van der Waals surface area contributed by atoms with Crippen LogP contribution in [0.4, 0.5) is 19.3 Å². The van der Waals surface area contributed by atoms with Gasteiger partial charge in [0.15, 0.2) is 5.82 Å². The van der Waals surface area contributed by atoms with Gasteiger partial charge in [0.05, 0.1) is 18.2 Å². The predicted molar refractivity (Wildman–Crippen MR) is 74.1 cm³/mol. The Bertz CT molecular complexity index is 519. The Hall–Kier alpha value is -1.74. The van der Waals surface area contributed by atoms with Crippen molar-refractivity contribution in [2.24, 2.45) is 0 Å². The van der Waals surface area contributed by atoms with E-state index >= 15 is 0 Å². The first-order valence-electron chi connectivity index (χ1n) is 5.77. The zero-order chi connectivity index (χ0) is 16.0. The average Bonchev–Trinajstić information content (AvgIpc) is 2.38. The third kappa shape index (κ3) is 5.64. The Morgan fingerprint density at radius 2 is 2.10 bits per heavy atom. The maximum atomic E-state index is 13.5. The van der Waals surface area contributed by atoms with E-state index in [0.717, 1.165) is 6.07 Å². The minimum absolute atomic E-state index is 0.0453. The van der Waals surface area contributed by atoms with E-state index < -0.39 is 29.7 Å². The number of hydrogen-bond acceptors (Lipinski definition) is 3. The molecular formula is C12H13BrF2N2O4. The number of carboxylic acid groups (broad SMARTS) is 1. The first-order chi connectivity index (χ1) is 9.83. The topological polar surface area (TPSA) is 87.7 Å². The summed E-state index contributed by atoms with van der Waals surface area (Å²) in [5.74, 6) is -2.80. The van der Waals surface area contributed by atoms with E-state index in [2.05, 4.69) is 26.6 Å². The van der Waals surface area contributed by atoms with Crippen molar-refractivity contribution in [1.82, 2.24) is 5.32 Å². The third-order valence-electron chi connectivity index (χ3n) is 2.47. The Morgan fingerprint density at radius 1 is 1.43 bits per heavy atom. The molecule has 0 aliphatic carbocycles. The van der Waals surface area contributed by atoms with Crippen LogP contribution in [0.3, 0.4) is 0 Å². The van der Waals surface area contributed by atoms with Crippen molar-refractivity contribution in [2.75, 3.05) is 19.0 Å². The van der Waals surface area contributed by atoms with E-state index in [4.69, 9.17) is 9.84 Å².